The van der Waals surface area contributed by atoms with Crippen LogP contribution in [0.5, 0.6) is 5.75 Å². The fraction of sp³-hybridized carbons (Fsp3) is 0.150. The summed E-state index contributed by atoms with van der Waals surface area (Å²) in [4.78, 5) is 23.3. The van der Waals surface area contributed by atoms with Gasteiger partial charge < -0.3 is 10.5 Å². The summed E-state index contributed by atoms with van der Waals surface area (Å²) in [6.45, 7) is 1.79. The molecule has 7 heteroatoms. The number of nitrogens with two attached hydrogens (primary N) is 1. The molecule has 6 nitrogen and oxygen atoms in total. The molecule has 27 heavy (non-hydrogen) atoms. The second-order valence-electron chi connectivity index (χ2n) is 5.78. The molecule has 0 unspecified atom stereocenters. The van der Waals surface area contributed by atoms with Gasteiger partial charge in [0, 0.05) is 15.5 Å². The molecular weight excluding hydrogens is 362 g/mol. The van der Waals surface area contributed by atoms with E-state index in [1.54, 1.807) is 12.1 Å². The van der Waals surface area contributed by atoms with Crippen LogP contribution in [-0.4, -0.2) is 24.1 Å². The molecule has 1 aromatic heterocycles. The fourth-order valence-electron chi connectivity index (χ4n) is 2.58. The van der Waals surface area contributed by atoms with Gasteiger partial charge in [-0.25, -0.2) is 5.43 Å². The average Bonchev–Trinajstić information content (AvgIpc) is 3.12. The van der Waals surface area contributed by atoms with Gasteiger partial charge in [-0.05, 0) is 42.3 Å². The molecule has 0 bridgehead atoms. The summed E-state index contributed by atoms with van der Waals surface area (Å²) in [5, 5.41) is 7.05. The van der Waals surface area contributed by atoms with E-state index in [0.717, 1.165) is 21.4 Å². The first kappa shape index (κ1) is 18.6. The Balaban J connectivity index is 1.72. The Bertz CT molecular complexity index is 993. The van der Waals surface area contributed by atoms with Crippen molar-refractivity contribution in [3.8, 4) is 5.75 Å². The monoisotopic (exact) mass is 381 g/mol. The number of ether oxygens (including phenoxy) is 1. The van der Waals surface area contributed by atoms with E-state index >= 15 is 0 Å². The number of benzene rings is 2. The molecule has 2 aromatic carbocycles. The smallest absolute Gasteiger partial charge is 0.272 e. The number of carbonyl (C=O) groups is 2. The summed E-state index contributed by atoms with van der Waals surface area (Å²) in [6.07, 6.45) is 0.645. The van der Waals surface area contributed by atoms with E-state index in [1.165, 1.54) is 11.3 Å². The van der Waals surface area contributed by atoms with Gasteiger partial charge in [0.15, 0.2) is 6.61 Å². The maximum absolute atomic E-state index is 12.5. The number of rotatable bonds is 7. The third-order valence-corrected chi connectivity index (χ3v) is 4.89. The number of amides is 2. The highest BCUT2D eigenvalue weighted by molar-refractivity contribution is 7.17. The lowest BCUT2D eigenvalue weighted by Crippen LogP contribution is -2.20. The van der Waals surface area contributed by atoms with E-state index in [9.17, 15) is 9.59 Å². The summed E-state index contributed by atoms with van der Waals surface area (Å²) < 4.78 is 6.30. The number of carbonyl (C=O) groups excluding carboxylic acids is 2. The van der Waals surface area contributed by atoms with Crippen LogP contribution in [0.3, 0.4) is 0 Å². The lowest BCUT2D eigenvalue weighted by molar-refractivity contribution is -0.119. The van der Waals surface area contributed by atoms with E-state index in [-0.39, 0.29) is 12.5 Å². The van der Waals surface area contributed by atoms with Gasteiger partial charge in [0.1, 0.15) is 5.75 Å². The first-order chi connectivity index (χ1) is 13.1. The summed E-state index contributed by atoms with van der Waals surface area (Å²) in [5.74, 6) is -0.222. The Morgan fingerprint density at radius 2 is 1.89 bits per heavy atom. The highest BCUT2D eigenvalue weighted by Gasteiger charge is 2.12. The van der Waals surface area contributed by atoms with Crippen LogP contribution in [0, 0.1) is 0 Å². The molecule has 0 aliphatic carbocycles. The highest BCUT2D eigenvalue weighted by Crippen LogP contribution is 2.25. The molecule has 2 amide bonds. The molecule has 0 atom stereocenters. The molecule has 0 radical (unpaired) electrons. The van der Waals surface area contributed by atoms with Gasteiger partial charge in [0.05, 0.1) is 11.3 Å². The normalized spacial score (nSPS) is 11.4. The maximum atomic E-state index is 12.5. The highest BCUT2D eigenvalue weighted by atomic mass is 32.1. The molecule has 138 valence electrons. The van der Waals surface area contributed by atoms with Crippen LogP contribution in [0.15, 0.2) is 59.0 Å². The van der Waals surface area contributed by atoms with Crippen LogP contribution in [0.2, 0.25) is 0 Å². The Morgan fingerprint density at radius 1 is 1.15 bits per heavy atom. The summed E-state index contributed by atoms with van der Waals surface area (Å²) in [6, 6.07) is 14.9. The van der Waals surface area contributed by atoms with Gasteiger partial charge in [0.25, 0.3) is 11.8 Å². The third-order valence-electron chi connectivity index (χ3n) is 3.92. The van der Waals surface area contributed by atoms with Crippen molar-refractivity contribution in [2.45, 2.75) is 13.3 Å². The minimum atomic E-state index is -0.529. The number of hydrogen-bond donors (Lipinski definition) is 2. The third kappa shape index (κ3) is 4.51. The second-order valence-corrected chi connectivity index (χ2v) is 6.69. The zero-order valence-corrected chi connectivity index (χ0v) is 15.6. The number of nitrogens with one attached hydrogen (secondary N) is 1. The molecule has 3 rings (SSSR count). The molecule has 1 heterocycles. The number of hydrogen-bond acceptors (Lipinski definition) is 5. The summed E-state index contributed by atoms with van der Waals surface area (Å²) in [5.41, 5.74) is 9.92. The van der Waals surface area contributed by atoms with Gasteiger partial charge in [-0.1, -0.05) is 25.1 Å². The standard InChI is InChI=1S/C20H19N3O3S/c1-2-17(13-7-9-14(10-8-13)26-11-19(21)24)22-23-20(25)16-12-27-18-6-4-3-5-15(16)18/h3-10,12H,2,11H2,1H3,(H2,21,24)(H,23,25)/b22-17-. The van der Waals surface area contributed by atoms with E-state index in [4.69, 9.17) is 10.5 Å². The molecule has 3 N–H and O–H groups in total. The molecule has 0 aliphatic heterocycles. The lowest BCUT2D eigenvalue weighted by Gasteiger charge is -2.07. The van der Waals surface area contributed by atoms with Crippen molar-refractivity contribution in [1.82, 2.24) is 5.43 Å². The van der Waals surface area contributed by atoms with Gasteiger partial charge in [-0.15, -0.1) is 11.3 Å². The first-order valence-electron chi connectivity index (χ1n) is 8.43. The van der Waals surface area contributed by atoms with Crippen LogP contribution in [0.4, 0.5) is 0 Å². The number of nitrogens with zero attached hydrogens (tertiary/aromatic N) is 1. The van der Waals surface area contributed by atoms with Gasteiger partial charge in [-0.2, -0.15) is 5.10 Å². The fourth-order valence-corrected chi connectivity index (χ4v) is 3.52. The van der Waals surface area contributed by atoms with Crippen molar-refractivity contribution in [3.05, 3.63) is 65.0 Å². The molecule has 3 aromatic rings. The minimum absolute atomic E-state index is 0.168. The number of hydrazone groups is 1. The Kier molecular flexibility index (Phi) is 5.83. The molecule has 0 spiro atoms. The van der Waals surface area contributed by atoms with Crippen LogP contribution in [0.25, 0.3) is 10.1 Å². The first-order valence-corrected chi connectivity index (χ1v) is 9.31. The zero-order valence-electron chi connectivity index (χ0n) is 14.8. The van der Waals surface area contributed by atoms with Crippen LogP contribution < -0.4 is 15.9 Å². The van der Waals surface area contributed by atoms with E-state index < -0.39 is 5.91 Å². The maximum Gasteiger partial charge on any atom is 0.272 e. The van der Waals surface area contributed by atoms with Crippen LogP contribution in [0.1, 0.15) is 29.3 Å². The SMILES string of the molecule is CC/C(=N/NC(=O)c1csc2ccccc12)c1ccc(OCC(N)=O)cc1. The quantitative estimate of drug-likeness (QED) is 0.486. The second kappa shape index (κ2) is 8.46. The van der Waals surface area contributed by atoms with Crippen LogP contribution >= 0.6 is 11.3 Å². The van der Waals surface area contributed by atoms with Crippen molar-refractivity contribution in [3.63, 3.8) is 0 Å². The number of primary amides is 1. The number of thiophene rings is 1. The van der Waals surface area contributed by atoms with E-state index in [1.807, 2.05) is 48.7 Å². The minimum Gasteiger partial charge on any atom is -0.484 e. The van der Waals surface area contributed by atoms with Gasteiger partial charge in [0.2, 0.25) is 0 Å². The molecule has 0 saturated carbocycles. The Hall–Kier alpha value is -3.19. The lowest BCUT2D eigenvalue weighted by atomic mass is 10.1. The molecule has 0 fully saturated rings. The van der Waals surface area contributed by atoms with Crippen molar-refractivity contribution in [2.24, 2.45) is 10.8 Å². The van der Waals surface area contributed by atoms with Gasteiger partial charge >= 0.3 is 0 Å². The predicted octanol–water partition coefficient (Wildman–Crippen LogP) is 3.31. The van der Waals surface area contributed by atoms with Crippen LogP contribution in [-0.2, 0) is 4.79 Å². The Labute approximate surface area is 160 Å². The topological polar surface area (TPSA) is 93.8 Å². The largest absolute Gasteiger partial charge is 0.484 e. The number of fused-ring (bicyclic) bond motifs is 1. The summed E-state index contributed by atoms with van der Waals surface area (Å²) >= 11 is 1.53. The van der Waals surface area contributed by atoms with Gasteiger partial charge in [-0.3, -0.25) is 9.59 Å². The van der Waals surface area contributed by atoms with Crippen molar-refractivity contribution in [1.29, 1.82) is 0 Å². The molecule has 0 aliphatic rings. The molecule has 0 saturated heterocycles. The van der Waals surface area contributed by atoms with Crippen molar-refractivity contribution >= 4 is 38.9 Å². The van der Waals surface area contributed by atoms with Crippen molar-refractivity contribution < 1.29 is 14.3 Å². The predicted molar refractivity (Wildman–Crippen MR) is 107 cm³/mol. The zero-order chi connectivity index (χ0) is 19.2. The Morgan fingerprint density at radius 3 is 2.59 bits per heavy atom. The summed E-state index contributed by atoms with van der Waals surface area (Å²) in [7, 11) is 0. The van der Waals surface area contributed by atoms with Crippen molar-refractivity contribution in [2.75, 3.05) is 6.61 Å². The van der Waals surface area contributed by atoms with E-state index in [2.05, 4.69) is 10.5 Å². The van der Waals surface area contributed by atoms with E-state index in [0.29, 0.717) is 17.7 Å². The molecular formula is C20H19N3O3S. The average molecular weight is 381 g/mol.